The molecule has 0 aromatic heterocycles. The number of fused-ring (bicyclic) bond motifs is 4. The van der Waals surface area contributed by atoms with Crippen molar-refractivity contribution in [1.82, 2.24) is 4.90 Å². The van der Waals surface area contributed by atoms with Crippen LogP contribution in [0.15, 0.2) is 54.6 Å². The van der Waals surface area contributed by atoms with Gasteiger partial charge in [-0.2, -0.15) is 0 Å². The van der Waals surface area contributed by atoms with Gasteiger partial charge in [0.15, 0.2) is 15.4 Å². The van der Waals surface area contributed by atoms with E-state index in [1.807, 2.05) is 0 Å². The second kappa shape index (κ2) is 11.9. The number of nitrogens with zero attached hydrogens (tertiary/aromatic N) is 5. The lowest BCUT2D eigenvalue weighted by Gasteiger charge is -2.50. The normalized spacial score (nSPS) is 29.0. The number of carbonyl (C=O) groups excluding carboxylic acids is 4. The summed E-state index contributed by atoms with van der Waals surface area (Å²) in [7, 11) is 2.77. The Hall–Kier alpha value is -4.34. The number of alkyl halides is 3. The number of aromatic hydroxyl groups is 1. The highest BCUT2D eigenvalue weighted by molar-refractivity contribution is 9.09. The van der Waals surface area contributed by atoms with E-state index in [1.165, 1.54) is 19.0 Å². The molecule has 6 unspecified atom stereocenters. The maximum atomic E-state index is 14.4. The van der Waals surface area contributed by atoms with Crippen molar-refractivity contribution in [2.75, 3.05) is 29.3 Å². The summed E-state index contributed by atoms with van der Waals surface area (Å²) >= 11 is 17.6. The lowest BCUT2D eigenvalue weighted by atomic mass is 9.56. The number of hydrogen-bond acceptors (Lipinski definition) is 10. The first-order chi connectivity index (χ1) is 23.1. The molecule has 6 atom stereocenters. The van der Waals surface area contributed by atoms with Crippen LogP contribution in [0.25, 0.3) is 0 Å². The molecule has 2 aliphatic carbocycles. The van der Waals surface area contributed by atoms with Gasteiger partial charge >= 0.3 is 11.4 Å². The van der Waals surface area contributed by atoms with Crippen LogP contribution in [0.4, 0.5) is 22.7 Å². The molecule has 0 radical (unpaired) electrons. The van der Waals surface area contributed by atoms with Crippen molar-refractivity contribution in [2.24, 2.45) is 17.8 Å². The zero-order chi connectivity index (χ0) is 35.9. The number of amides is 4. The van der Waals surface area contributed by atoms with E-state index in [-0.39, 0.29) is 47.4 Å². The van der Waals surface area contributed by atoms with Gasteiger partial charge in [-0.15, -0.1) is 29.8 Å². The quantitative estimate of drug-likeness (QED) is 0.0964. The Kier molecular flexibility index (Phi) is 8.39. The van der Waals surface area contributed by atoms with Crippen molar-refractivity contribution in [3.8, 4) is 5.75 Å². The molecule has 1 N–H and O–H groups in total. The van der Waals surface area contributed by atoms with Gasteiger partial charge in [0.05, 0.1) is 32.8 Å². The predicted octanol–water partition coefficient (Wildman–Crippen LogP) is 4.92. The molecule has 6 rings (SSSR count). The van der Waals surface area contributed by atoms with Gasteiger partial charge in [0.25, 0.3) is 11.8 Å². The maximum Gasteiger partial charge on any atom is 0.301 e. The van der Waals surface area contributed by atoms with E-state index in [0.717, 1.165) is 17.0 Å². The molecule has 2 aliphatic heterocycles. The number of rotatable bonds is 8. The lowest BCUT2D eigenvalue weighted by molar-refractivity contribution is -0.392. The molecule has 1 saturated carbocycles. The van der Waals surface area contributed by atoms with Gasteiger partial charge in [-0.1, -0.05) is 51.9 Å². The second-order valence-corrected chi connectivity index (χ2v) is 14.3. The van der Waals surface area contributed by atoms with Gasteiger partial charge in [-0.25, -0.2) is 4.90 Å². The van der Waals surface area contributed by atoms with Crippen molar-refractivity contribution in [3.05, 3.63) is 86.0 Å². The van der Waals surface area contributed by atoms with Crippen LogP contribution >= 0.6 is 39.1 Å². The predicted molar refractivity (Wildman–Crippen MR) is 182 cm³/mol. The summed E-state index contributed by atoms with van der Waals surface area (Å²) in [6.07, 6.45) is 3.13. The summed E-state index contributed by atoms with van der Waals surface area (Å²) in [6.45, 7) is 3.72. The average Bonchev–Trinajstić information content (AvgIpc) is 3.39. The first kappa shape index (κ1) is 34.5. The summed E-state index contributed by atoms with van der Waals surface area (Å²) < 4.78 is 0. The monoisotopic (exact) mass is 775 g/mol. The number of benzene rings is 2. The topological polar surface area (TPSA) is 185 Å². The minimum absolute atomic E-state index is 0.0340. The molecule has 17 heteroatoms. The van der Waals surface area contributed by atoms with Crippen LogP contribution in [-0.2, 0) is 25.6 Å². The molecule has 3 fully saturated rings. The minimum atomic E-state index is -2.15. The molecule has 256 valence electrons. The number of likely N-dealkylation sites (tertiary alicyclic amines) is 1. The average molecular weight is 777 g/mol. The zero-order valence-corrected chi connectivity index (χ0v) is 29.1. The highest BCUT2D eigenvalue weighted by Gasteiger charge is 2.76. The molecule has 4 aliphatic rings. The highest BCUT2D eigenvalue weighted by atomic mass is 79.9. The molecule has 2 saturated heterocycles. The van der Waals surface area contributed by atoms with Crippen molar-refractivity contribution in [2.45, 2.75) is 34.9 Å². The fourth-order valence-corrected chi connectivity index (χ4v) is 9.39. The standard InChI is InChI=1S/C32H28BrCl2N5O9/c1-4-6-15-7-5-8-19(26(15)41)24-17-9-10-18-23(20(17)13-31(34)29(44)37(14-33)30(45)32(24,31)35)28(43)38(27(18)42)16-11-21(39(46)47)25(36(2)3)22(12-16)40(48)49/h4-5,7-9,11-12,18,20,23-24,41H,1,6,10,13-14H2,2-3H3. The Balaban J connectivity index is 1.53. The Morgan fingerprint density at radius 3 is 2.24 bits per heavy atom. The Morgan fingerprint density at radius 1 is 1.06 bits per heavy atom. The van der Waals surface area contributed by atoms with Crippen molar-refractivity contribution >= 4 is 85.5 Å². The molecular formula is C32H28BrCl2N5O9. The zero-order valence-electron chi connectivity index (χ0n) is 26.0. The number of imide groups is 2. The number of phenols is 1. The molecular weight excluding hydrogens is 749 g/mol. The van der Waals surface area contributed by atoms with Gasteiger partial charge in [0.1, 0.15) is 5.75 Å². The first-order valence-electron chi connectivity index (χ1n) is 15.0. The number of anilines is 2. The maximum absolute atomic E-state index is 14.4. The number of nitro groups is 2. The third-order valence-corrected chi connectivity index (χ3v) is 11.9. The Bertz CT molecular complexity index is 1900. The largest absolute Gasteiger partial charge is 0.507 e. The summed E-state index contributed by atoms with van der Waals surface area (Å²) in [4.78, 5) is 77.2. The van der Waals surface area contributed by atoms with E-state index >= 15 is 0 Å². The van der Waals surface area contributed by atoms with E-state index in [0.29, 0.717) is 16.0 Å². The summed E-state index contributed by atoms with van der Waals surface area (Å²) in [6, 6.07) is 6.74. The van der Waals surface area contributed by atoms with Gasteiger partial charge < -0.3 is 10.0 Å². The van der Waals surface area contributed by atoms with Gasteiger partial charge in [-0.3, -0.25) is 44.3 Å². The molecule has 14 nitrogen and oxygen atoms in total. The van der Waals surface area contributed by atoms with Gasteiger partial charge in [0, 0.05) is 37.7 Å². The summed E-state index contributed by atoms with van der Waals surface area (Å²) in [5.74, 6) is -7.79. The smallest absolute Gasteiger partial charge is 0.301 e. The van der Waals surface area contributed by atoms with Crippen LogP contribution in [0.5, 0.6) is 5.75 Å². The molecule has 2 heterocycles. The molecule has 0 spiro atoms. The van der Waals surface area contributed by atoms with Crippen molar-refractivity contribution in [3.63, 3.8) is 0 Å². The van der Waals surface area contributed by atoms with Gasteiger partial charge in [0.2, 0.25) is 11.8 Å². The second-order valence-electron chi connectivity index (χ2n) is 12.6. The van der Waals surface area contributed by atoms with Crippen LogP contribution in [0.1, 0.15) is 29.9 Å². The van der Waals surface area contributed by atoms with E-state index in [9.17, 15) is 44.5 Å². The van der Waals surface area contributed by atoms with Crippen LogP contribution in [0, 0.1) is 38.0 Å². The summed E-state index contributed by atoms with van der Waals surface area (Å²) in [5, 5.41) is 35.6. The number of hydrogen-bond donors (Lipinski definition) is 1. The highest BCUT2D eigenvalue weighted by Crippen LogP contribution is 2.66. The number of halogens is 3. The molecule has 2 aromatic carbocycles. The van der Waals surface area contributed by atoms with Crippen molar-refractivity contribution < 1.29 is 34.1 Å². The third-order valence-electron chi connectivity index (χ3n) is 9.99. The molecule has 2 aromatic rings. The minimum Gasteiger partial charge on any atom is -0.507 e. The number of nitro benzene ring substituents is 2. The number of allylic oxidation sites excluding steroid dienone is 3. The number of carbonyl (C=O) groups is 4. The van der Waals surface area contributed by atoms with Crippen LogP contribution in [0.3, 0.4) is 0 Å². The summed E-state index contributed by atoms with van der Waals surface area (Å²) in [5.41, 5.74) is -1.23. The van der Waals surface area contributed by atoms with E-state index in [2.05, 4.69) is 22.5 Å². The Labute approximate surface area is 297 Å². The van der Waals surface area contributed by atoms with Gasteiger partial charge in [-0.05, 0) is 30.7 Å². The molecule has 49 heavy (non-hydrogen) atoms. The molecule has 0 bridgehead atoms. The Morgan fingerprint density at radius 2 is 1.69 bits per heavy atom. The van der Waals surface area contributed by atoms with E-state index in [4.69, 9.17) is 23.2 Å². The SMILES string of the molecule is C=CCc1cccc(C2C3=CCC4C(=O)N(c5cc([N+](=O)[O-])c(N(C)C)c([N+](=O)[O-])c5)C(=O)C4C3CC3(Cl)C(=O)N(CBr)C(=O)C23Cl)c1O. The fourth-order valence-electron chi connectivity index (χ4n) is 7.97. The van der Waals surface area contributed by atoms with Crippen LogP contribution < -0.4 is 9.80 Å². The third kappa shape index (κ3) is 4.65. The van der Waals surface area contributed by atoms with Crippen LogP contribution in [-0.4, -0.2) is 72.8 Å². The fraction of sp³-hybridized carbons (Fsp3) is 0.375. The van der Waals surface area contributed by atoms with Crippen molar-refractivity contribution in [1.29, 1.82) is 0 Å². The van der Waals surface area contributed by atoms with E-state index < -0.39 is 78.3 Å². The number of phenolic OH excluding ortho intramolecular Hbond substituents is 1. The number of para-hydroxylation sites is 1. The van der Waals surface area contributed by atoms with E-state index in [1.54, 1.807) is 30.4 Å². The van der Waals surface area contributed by atoms with Crippen LogP contribution in [0.2, 0.25) is 0 Å². The first-order valence-corrected chi connectivity index (χ1v) is 16.9. The molecule has 4 amide bonds. The lowest BCUT2D eigenvalue weighted by Crippen LogP contribution is -2.60.